The van der Waals surface area contributed by atoms with Crippen molar-refractivity contribution in [3.05, 3.63) is 10.1 Å². The van der Waals surface area contributed by atoms with Crippen LogP contribution < -0.4 is 28.4 Å². The highest BCUT2D eigenvalue weighted by Gasteiger charge is 2.11. The topological polar surface area (TPSA) is 263 Å². The van der Waals surface area contributed by atoms with Gasteiger partial charge in [-0.05, 0) is 19.3 Å². The van der Waals surface area contributed by atoms with Crippen LogP contribution >= 0.6 is 0 Å². The highest BCUT2D eigenvalue weighted by atomic mass is 16.7. The summed E-state index contributed by atoms with van der Waals surface area (Å²) >= 11 is 0. The zero-order valence-electron chi connectivity index (χ0n) is 13.3. The largest absolute Gasteiger partial charge is 0.480 e. The second kappa shape index (κ2) is 13.4. The predicted molar refractivity (Wildman–Crippen MR) is 85.5 cm³/mol. The lowest BCUT2D eigenvalue weighted by atomic mass is 10.2. The van der Waals surface area contributed by atoms with Crippen LogP contribution in [0, 0.1) is 10.1 Å². The Morgan fingerprint density at radius 3 is 1.96 bits per heavy atom. The number of carboxylic acids is 2. The van der Waals surface area contributed by atoms with Crippen molar-refractivity contribution in [2.24, 2.45) is 27.9 Å². The molecule has 0 aliphatic carbocycles. The molecular weight excluding hydrogens is 342 g/mol. The van der Waals surface area contributed by atoms with Crippen LogP contribution in [0.15, 0.2) is 4.99 Å². The summed E-state index contributed by atoms with van der Waals surface area (Å²) in [6.07, 6.45) is 0.760. The van der Waals surface area contributed by atoms with Crippen molar-refractivity contribution in [3.63, 3.8) is 0 Å². The van der Waals surface area contributed by atoms with Gasteiger partial charge < -0.3 is 33.1 Å². The summed E-state index contributed by atoms with van der Waals surface area (Å²) in [7, 11) is 0. The Balaban J connectivity index is 0. The number of hydrogen-bond donors (Lipinski definition) is 7. The first-order valence-electron chi connectivity index (χ1n) is 6.93. The standard InChI is InChI=1S/C6H13N5O4.C5H10N2O3/c7-4(5(12)13)2-1-3-9-6(8)10-11(14)15;6-3(5(9)10)1-2-4(7)8/h4H,1-3,7H2,(H,12,13)(H3,8,9,10);3H,1-2,6H2,(H2,7,8)(H,9,10)/t4-;3-/m01/s1. The number of guanidine groups is 1. The minimum Gasteiger partial charge on any atom is -0.480 e. The molecule has 144 valence electrons. The van der Waals surface area contributed by atoms with Gasteiger partial charge >= 0.3 is 11.9 Å². The van der Waals surface area contributed by atoms with E-state index in [2.05, 4.69) is 4.99 Å². The number of rotatable bonds is 10. The molecule has 0 saturated heterocycles. The Labute approximate surface area is 142 Å². The van der Waals surface area contributed by atoms with Crippen molar-refractivity contribution >= 4 is 23.8 Å². The van der Waals surface area contributed by atoms with Crippen molar-refractivity contribution in [3.8, 4) is 0 Å². The number of carbonyl (C=O) groups excluding carboxylic acids is 1. The molecular formula is C11H23N7O7. The number of nitrogens with one attached hydrogen (secondary N) is 1. The number of carboxylic acid groups (broad SMARTS) is 2. The summed E-state index contributed by atoms with van der Waals surface area (Å²) < 4.78 is 0. The first-order valence-corrected chi connectivity index (χ1v) is 6.93. The minimum atomic E-state index is -1.11. The van der Waals surface area contributed by atoms with E-state index in [0.29, 0.717) is 6.42 Å². The molecule has 0 aliphatic heterocycles. The summed E-state index contributed by atoms with van der Waals surface area (Å²) in [5, 5.41) is 25.7. The fraction of sp³-hybridized carbons (Fsp3) is 0.636. The van der Waals surface area contributed by atoms with Gasteiger partial charge in [0.2, 0.25) is 5.91 Å². The Morgan fingerprint density at radius 2 is 1.56 bits per heavy atom. The van der Waals surface area contributed by atoms with Crippen molar-refractivity contribution in [1.29, 1.82) is 0 Å². The molecule has 14 nitrogen and oxygen atoms in total. The van der Waals surface area contributed by atoms with Crippen molar-refractivity contribution in [2.45, 2.75) is 37.8 Å². The van der Waals surface area contributed by atoms with Crippen molar-refractivity contribution in [1.82, 2.24) is 5.43 Å². The van der Waals surface area contributed by atoms with Crippen LogP contribution in [0.5, 0.6) is 0 Å². The fourth-order valence-corrected chi connectivity index (χ4v) is 1.18. The molecule has 0 bridgehead atoms. The normalized spacial score (nSPS) is 13.0. The molecule has 14 heteroatoms. The quantitative estimate of drug-likeness (QED) is 0.0671. The fourth-order valence-electron chi connectivity index (χ4n) is 1.18. The lowest BCUT2D eigenvalue weighted by molar-refractivity contribution is -0.525. The van der Waals surface area contributed by atoms with E-state index in [1.54, 1.807) is 5.43 Å². The molecule has 25 heavy (non-hydrogen) atoms. The number of aliphatic carboxylic acids is 2. The molecule has 0 saturated carbocycles. The number of carbonyl (C=O) groups is 3. The second-order valence-corrected chi connectivity index (χ2v) is 4.67. The van der Waals surface area contributed by atoms with E-state index in [0.717, 1.165) is 0 Å². The third-order valence-electron chi connectivity index (χ3n) is 2.50. The number of nitrogens with zero attached hydrogens (tertiary/aromatic N) is 2. The summed E-state index contributed by atoms with van der Waals surface area (Å²) in [6, 6.07) is -1.92. The zero-order valence-corrected chi connectivity index (χ0v) is 13.3. The highest BCUT2D eigenvalue weighted by Crippen LogP contribution is 1.94. The van der Waals surface area contributed by atoms with Crippen LogP contribution in [0.2, 0.25) is 0 Å². The van der Waals surface area contributed by atoms with E-state index in [1.165, 1.54) is 0 Å². The third-order valence-corrected chi connectivity index (χ3v) is 2.50. The van der Waals surface area contributed by atoms with E-state index >= 15 is 0 Å². The van der Waals surface area contributed by atoms with Gasteiger partial charge in [0.1, 0.15) is 12.1 Å². The first-order chi connectivity index (χ1) is 11.5. The Hall–Kier alpha value is -3.00. The summed E-state index contributed by atoms with van der Waals surface area (Å²) in [5.41, 5.74) is 21.8. The number of hydrazine groups is 1. The Morgan fingerprint density at radius 1 is 1.08 bits per heavy atom. The van der Waals surface area contributed by atoms with E-state index in [4.69, 9.17) is 33.1 Å². The molecule has 0 aromatic carbocycles. The molecule has 11 N–H and O–H groups in total. The van der Waals surface area contributed by atoms with E-state index in [9.17, 15) is 24.5 Å². The van der Waals surface area contributed by atoms with Crippen LogP contribution in [0.25, 0.3) is 0 Å². The number of hydrogen-bond acceptors (Lipinski definition) is 8. The molecule has 0 aliphatic rings. The number of amides is 1. The van der Waals surface area contributed by atoms with Crippen molar-refractivity contribution in [2.75, 3.05) is 6.54 Å². The number of primary amides is 1. The van der Waals surface area contributed by atoms with Crippen LogP contribution in [0.4, 0.5) is 0 Å². The maximum atomic E-state index is 10.3. The second-order valence-electron chi connectivity index (χ2n) is 4.67. The van der Waals surface area contributed by atoms with Gasteiger partial charge in [0, 0.05) is 13.0 Å². The molecule has 0 aromatic heterocycles. The molecule has 1 amide bonds. The van der Waals surface area contributed by atoms with E-state index in [1.807, 2.05) is 0 Å². The summed E-state index contributed by atoms with van der Waals surface area (Å²) in [6.45, 7) is 0.188. The van der Waals surface area contributed by atoms with Crippen LogP contribution in [0.1, 0.15) is 25.7 Å². The van der Waals surface area contributed by atoms with Crippen LogP contribution in [-0.4, -0.2) is 57.7 Å². The predicted octanol–water partition coefficient (Wildman–Crippen LogP) is -3.06. The maximum Gasteiger partial charge on any atom is 0.320 e. The molecule has 0 spiro atoms. The highest BCUT2D eigenvalue weighted by molar-refractivity contribution is 5.77. The lowest BCUT2D eigenvalue weighted by Crippen LogP contribution is -2.36. The molecule has 0 fully saturated rings. The first kappa shape index (κ1) is 24.3. The molecule has 0 rings (SSSR count). The third kappa shape index (κ3) is 17.2. The van der Waals surface area contributed by atoms with Gasteiger partial charge in [-0.15, -0.1) is 0 Å². The van der Waals surface area contributed by atoms with Crippen LogP contribution in [0.3, 0.4) is 0 Å². The van der Waals surface area contributed by atoms with Gasteiger partial charge in [0.25, 0.3) is 5.96 Å². The monoisotopic (exact) mass is 365 g/mol. The van der Waals surface area contributed by atoms with Crippen molar-refractivity contribution < 1.29 is 29.6 Å². The van der Waals surface area contributed by atoms with Gasteiger partial charge in [0.05, 0.1) is 0 Å². The summed E-state index contributed by atoms with van der Waals surface area (Å²) in [4.78, 5) is 43.9. The molecule has 0 radical (unpaired) electrons. The number of nitrogens with two attached hydrogens (primary N) is 4. The zero-order chi connectivity index (χ0) is 20.0. The Kier molecular flexibility index (Phi) is 13.0. The minimum absolute atomic E-state index is 0.0213. The molecule has 2 atom stereocenters. The molecule has 0 heterocycles. The molecule has 0 unspecified atom stereocenters. The average Bonchev–Trinajstić information content (AvgIpc) is 2.48. The van der Waals surface area contributed by atoms with Crippen LogP contribution in [-0.2, 0) is 14.4 Å². The van der Waals surface area contributed by atoms with Gasteiger partial charge in [-0.3, -0.25) is 14.4 Å². The van der Waals surface area contributed by atoms with E-state index < -0.39 is 35.0 Å². The van der Waals surface area contributed by atoms with Gasteiger partial charge in [-0.2, -0.15) is 0 Å². The summed E-state index contributed by atoms with van der Waals surface area (Å²) in [5.74, 6) is -3.04. The number of aliphatic imine (C=N–C) groups is 1. The van der Waals surface area contributed by atoms with E-state index in [-0.39, 0.29) is 31.8 Å². The smallest absolute Gasteiger partial charge is 0.320 e. The SMILES string of the molecule is NC(=NCCC[C@H](N)C(=O)O)N[N+](=O)[O-].NC(=O)CC[C@@H](N)C(=O)O. The van der Waals surface area contributed by atoms with Gasteiger partial charge in [-0.25, -0.2) is 15.1 Å². The van der Waals surface area contributed by atoms with Gasteiger partial charge in [0.15, 0.2) is 5.03 Å². The number of nitro groups is 1. The maximum absolute atomic E-state index is 10.3. The molecule has 0 aromatic rings. The Bertz CT molecular complexity index is 497. The van der Waals surface area contributed by atoms with Gasteiger partial charge in [-0.1, -0.05) is 5.43 Å². The average molecular weight is 365 g/mol. The lowest BCUT2D eigenvalue weighted by Gasteiger charge is -2.03.